The maximum absolute atomic E-state index is 10.7. The van der Waals surface area contributed by atoms with Crippen molar-refractivity contribution in [3.8, 4) is 5.75 Å². The molecule has 1 aromatic rings. The number of hydrogen-bond donors (Lipinski definition) is 2. The molecule has 1 amide bonds. The van der Waals surface area contributed by atoms with E-state index in [0.717, 1.165) is 0 Å². The summed E-state index contributed by atoms with van der Waals surface area (Å²) in [6.07, 6.45) is -0.486. The van der Waals surface area contributed by atoms with Crippen molar-refractivity contribution in [1.82, 2.24) is 5.32 Å². The number of anilines is 1. The molecule has 0 bridgehead atoms. The second-order valence-corrected chi connectivity index (χ2v) is 2.21. The first-order chi connectivity index (χ1) is 5.72. The van der Waals surface area contributed by atoms with Crippen molar-refractivity contribution in [1.29, 1.82) is 0 Å². The van der Waals surface area contributed by atoms with Crippen molar-refractivity contribution >= 4 is 11.8 Å². The number of benzene rings is 1. The number of hydrogen-bond acceptors (Lipinski definition) is 3. The molecule has 0 radical (unpaired) electrons. The standard InChI is InChI=1S/C8H10N2O2/c1-10-8(11)12-7-4-2-6(9)3-5-7/h2-5H,9H2,1H3,(H,10,11). The van der Waals surface area contributed by atoms with E-state index in [-0.39, 0.29) is 0 Å². The van der Waals surface area contributed by atoms with Crippen LogP contribution in [0.25, 0.3) is 0 Å². The molecule has 1 rings (SSSR count). The van der Waals surface area contributed by atoms with Crippen molar-refractivity contribution in [3.05, 3.63) is 24.3 Å². The van der Waals surface area contributed by atoms with Gasteiger partial charge in [0, 0.05) is 12.7 Å². The van der Waals surface area contributed by atoms with Gasteiger partial charge < -0.3 is 15.8 Å². The number of amides is 1. The van der Waals surface area contributed by atoms with Gasteiger partial charge in [-0.2, -0.15) is 0 Å². The van der Waals surface area contributed by atoms with Crippen LogP contribution in [0.4, 0.5) is 10.5 Å². The molecule has 0 unspecified atom stereocenters. The van der Waals surface area contributed by atoms with E-state index in [1.54, 1.807) is 24.3 Å². The molecule has 0 atom stereocenters. The van der Waals surface area contributed by atoms with Crippen LogP contribution in [0.3, 0.4) is 0 Å². The molecule has 64 valence electrons. The van der Waals surface area contributed by atoms with Crippen LogP contribution in [0.5, 0.6) is 5.75 Å². The van der Waals surface area contributed by atoms with Gasteiger partial charge >= 0.3 is 6.09 Å². The molecule has 0 aliphatic rings. The monoisotopic (exact) mass is 166 g/mol. The van der Waals surface area contributed by atoms with Gasteiger partial charge in [-0.15, -0.1) is 0 Å². The molecule has 0 saturated heterocycles. The summed E-state index contributed by atoms with van der Waals surface area (Å²) in [6.45, 7) is 0. The first kappa shape index (κ1) is 8.39. The third kappa shape index (κ3) is 2.16. The highest BCUT2D eigenvalue weighted by atomic mass is 16.5. The van der Waals surface area contributed by atoms with Crippen molar-refractivity contribution < 1.29 is 9.53 Å². The van der Waals surface area contributed by atoms with Crippen LogP contribution in [0.2, 0.25) is 0 Å². The smallest absolute Gasteiger partial charge is 0.410 e. The summed E-state index contributed by atoms with van der Waals surface area (Å²) in [7, 11) is 1.50. The number of nitrogens with one attached hydrogen (secondary N) is 1. The Bertz CT molecular complexity index is 269. The molecular formula is C8H10N2O2. The first-order valence-corrected chi connectivity index (χ1v) is 3.47. The molecule has 1 aromatic carbocycles. The molecule has 0 saturated carbocycles. The van der Waals surface area contributed by atoms with Crippen molar-refractivity contribution in [2.24, 2.45) is 0 Å². The quantitative estimate of drug-likeness (QED) is 0.611. The Morgan fingerprint density at radius 2 is 2.00 bits per heavy atom. The Hall–Kier alpha value is -1.71. The zero-order chi connectivity index (χ0) is 8.97. The Labute approximate surface area is 70.3 Å². The lowest BCUT2D eigenvalue weighted by molar-refractivity contribution is 0.203. The highest BCUT2D eigenvalue weighted by Crippen LogP contribution is 2.12. The lowest BCUT2D eigenvalue weighted by atomic mass is 10.3. The predicted molar refractivity (Wildman–Crippen MR) is 45.9 cm³/mol. The molecular weight excluding hydrogens is 156 g/mol. The normalized spacial score (nSPS) is 9.08. The van der Waals surface area contributed by atoms with Crippen molar-refractivity contribution in [2.75, 3.05) is 12.8 Å². The number of carbonyl (C=O) groups excluding carboxylic acids is 1. The first-order valence-electron chi connectivity index (χ1n) is 3.47. The van der Waals surface area contributed by atoms with Gasteiger partial charge in [0.25, 0.3) is 0 Å². The third-order valence-electron chi connectivity index (χ3n) is 1.29. The van der Waals surface area contributed by atoms with Gasteiger partial charge in [0.2, 0.25) is 0 Å². The largest absolute Gasteiger partial charge is 0.412 e. The average molecular weight is 166 g/mol. The summed E-state index contributed by atoms with van der Waals surface area (Å²) >= 11 is 0. The fourth-order valence-corrected chi connectivity index (χ4v) is 0.694. The summed E-state index contributed by atoms with van der Waals surface area (Å²) in [5, 5.41) is 2.34. The number of nitrogens with two attached hydrogens (primary N) is 1. The maximum atomic E-state index is 10.7. The fourth-order valence-electron chi connectivity index (χ4n) is 0.694. The van der Waals surface area contributed by atoms with Crippen molar-refractivity contribution in [2.45, 2.75) is 0 Å². The van der Waals surface area contributed by atoms with Crippen molar-refractivity contribution in [3.63, 3.8) is 0 Å². The second kappa shape index (κ2) is 3.61. The number of carbonyl (C=O) groups is 1. The molecule has 0 fully saturated rings. The van der Waals surface area contributed by atoms with E-state index in [1.807, 2.05) is 0 Å². The van der Waals surface area contributed by atoms with Crippen LogP contribution in [-0.2, 0) is 0 Å². The molecule has 3 N–H and O–H groups in total. The minimum atomic E-state index is -0.486. The van der Waals surface area contributed by atoms with E-state index >= 15 is 0 Å². The van der Waals surface area contributed by atoms with Crippen LogP contribution in [0.1, 0.15) is 0 Å². The van der Waals surface area contributed by atoms with E-state index in [0.29, 0.717) is 11.4 Å². The molecule has 0 spiro atoms. The highest BCUT2D eigenvalue weighted by molar-refractivity contribution is 5.70. The molecule has 0 aliphatic heterocycles. The summed E-state index contributed by atoms with van der Waals surface area (Å²) in [5.74, 6) is 0.476. The van der Waals surface area contributed by atoms with E-state index in [4.69, 9.17) is 10.5 Å². The Morgan fingerprint density at radius 1 is 1.42 bits per heavy atom. The fraction of sp³-hybridized carbons (Fsp3) is 0.125. The third-order valence-corrected chi connectivity index (χ3v) is 1.29. The molecule has 4 nitrogen and oxygen atoms in total. The van der Waals surface area contributed by atoms with Gasteiger partial charge in [-0.3, -0.25) is 0 Å². The topological polar surface area (TPSA) is 64.3 Å². The highest BCUT2D eigenvalue weighted by Gasteiger charge is 1.98. The Kier molecular flexibility index (Phi) is 2.53. The average Bonchev–Trinajstić information content (AvgIpc) is 2.09. The van der Waals surface area contributed by atoms with Gasteiger partial charge in [-0.25, -0.2) is 4.79 Å². The zero-order valence-corrected chi connectivity index (χ0v) is 6.70. The van der Waals surface area contributed by atoms with E-state index in [2.05, 4.69) is 5.32 Å². The van der Waals surface area contributed by atoms with E-state index < -0.39 is 6.09 Å². The van der Waals surface area contributed by atoms with Crippen LogP contribution in [0, 0.1) is 0 Å². The molecule has 0 heterocycles. The summed E-state index contributed by atoms with van der Waals surface area (Å²) < 4.78 is 4.81. The molecule has 0 aliphatic carbocycles. The molecule has 4 heteroatoms. The van der Waals surface area contributed by atoms with Gasteiger partial charge in [0.1, 0.15) is 5.75 Å². The summed E-state index contributed by atoms with van der Waals surface area (Å²) in [6, 6.07) is 6.59. The Morgan fingerprint density at radius 3 is 2.50 bits per heavy atom. The number of nitrogen functional groups attached to an aromatic ring is 1. The van der Waals surface area contributed by atoms with Crippen LogP contribution < -0.4 is 15.8 Å². The van der Waals surface area contributed by atoms with E-state index in [9.17, 15) is 4.79 Å². The van der Waals surface area contributed by atoms with Gasteiger partial charge in [-0.1, -0.05) is 0 Å². The zero-order valence-electron chi connectivity index (χ0n) is 6.70. The number of rotatable bonds is 1. The van der Waals surface area contributed by atoms with Gasteiger partial charge in [-0.05, 0) is 24.3 Å². The molecule has 0 aromatic heterocycles. The second-order valence-electron chi connectivity index (χ2n) is 2.21. The van der Waals surface area contributed by atoms with Gasteiger partial charge in [0.05, 0.1) is 0 Å². The minimum absolute atomic E-state index is 0.476. The summed E-state index contributed by atoms with van der Waals surface area (Å²) in [4.78, 5) is 10.7. The van der Waals surface area contributed by atoms with Crippen LogP contribution in [0.15, 0.2) is 24.3 Å². The minimum Gasteiger partial charge on any atom is -0.410 e. The SMILES string of the molecule is CNC(=O)Oc1ccc(N)cc1. The van der Waals surface area contributed by atoms with Crippen LogP contribution >= 0.6 is 0 Å². The predicted octanol–water partition coefficient (Wildman–Crippen LogP) is 0.987. The number of ether oxygens (including phenoxy) is 1. The molecule has 12 heavy (non-hydrogen) atoms. The maximum Gasteiger partial charge on any atom is 0.412 e. The van der Waals surface area contributed by atoms with Crippen LogP contribution in [-0.4, -0.2) is 13.1 Å². The Balaban J connectivity index is 2.64. The lowest BCUT2D eigenvalue weighted by Crippen LogP contribution is -2.21. The summed E-state index contributed by atoms with van der Waals surface area (Å²) in [5.41, 5.74) is 6.07. The van der Waals surface area contributed by atoms with Gasteiger partial charge in [0.15, 0.2) is 0 Å². The lowest BCUT2D eigenvalue weighted by Gasteiger charge is -2.02. The van der Waals surface area contributed by atoms with E-state index in [1.165, 1.54) is 7.05 Å².